The third kappa shape index (κ3) is 3.89. The van der Waals surface area contributed by atoms with E-state index in [-0.39, 0.29) is 16.2 Å². The average molecular weight is 530 g/mol. The molecule has 3 nitrogen and oxygen atoms in total. The number of thiophene rings is 1. The first-order valence-electron chi connectivity index (χ1n) is 10.6. The average Bonchev–Trinajstić information content (AvgIpc) is 3.30. The third-order valence-electron chi connectivity index (χ3n) is 6.00. The molecule has 0 unspecified atom stereocenters. The molecule has 1 heterocycles. The largest absolute Gasteiger partial charge is 0.497 e. The zero-order valence-corrected chi connectivity index (χ0v) is 20.1. The molecule has 0 saturated heterocycles. The van der Waals surface area contributed by atoms with Crippen LogP contribution in [0.2, 0.25) is 0 Å². The molecule has 1 aliphatic carbocycles. The van der Waals surface area contributed by atoms with Crippen molar-refractivity contribution in [2.24, 2.45) is 0 Å². The number of hydrogen-bond donors (Lipinski definition) is 0. The van der Waals surface area contributed by atoms with Crippen LogP contribution >= 0.6 is 11.3 Å². The topological polar surface area (TPSA) is 37.4 Å². The van der Waals surface area contributed by atoms with E-state index < -0.39 is 45.7 Å². The van der Waals surface area contributed by atoms with Gasteiger partial charge in [0.15, 0.2) is 0 Å². The van der Waals surface area contributed by atoms with Crippen molar-refractivity contribution < 1.29 is 31.1 Å². The molecule has 3 aromatic rings. The van der Waals surface area contributed by atoms with E-state index in [1.807, 2.05) is 0 Å². The highest BCUT2D eigenvalue weighted by Gasteiger charge is 2.80. The molecule has 0 bridgehead atoms. The lowest BCUT2D eigenvalue weighted by Crippen LogP contribution is -2.49. The van der Waals surface area contributed by atoms with Gasteiger partial charge in [0.05, 0.1) is 19.8 Å². The Morgan fingerprint density at radius 2 is 1.59 bits per heavy atom. The van der Waals surface area contributed by atoms with E-state index in [1.165, 1.54) is 32.2 Å². The smallest absolute Gasteiger partial charge is 0.380 e. The number of allylic oxidation sites excluding steroid dienone is 4. The molecule has 0 saturated carbocycles. The van der Waals surface area contributed by atoms with E-state index in [0.717, 1.165) is 29.5 Å². The molecule has 0 aliphatic heterocycles. The van der Waals surface area contributed by atoms with Crippen LogP contribution in [0.15, 0.2) is 71.9 Å². The third-order valence-corrected chi connectivity index (χ3v) is 7.09. The van der Waals surface area contributed by atoms with Crippen LogP contribution in [0, 0.1) is 24.8 Å². The van der Waals surface area contributed by atoms with Crippen molar-refractivity contribution in [2.75, 3.05) is 7.11 Å². The van der Waals surface area contributed by atoms with Gasteiger partial charge in [-0.05, 0) is 41.8 Å². The second-order valence-corrected chi connectivity index (χ2v) is 9.35. The first-order chi connectivity index (χ1) is 17.4. The maximum absolute atomic E-state index is 15.4. The molecule has 10 heteroatoms. The van der Waals surface area contributed by atoms with Crippen LogP contribution in [0.3, 0.4) is 0 Å². The van der Waals surface area contributed by atoms with E-state index in [9.17, 15) is 14.0 Å². The van der Waals surface area contributed by atoms with Gasteiger partial charge in [0.2, 0.25) is 0 Å². The predicted molar refractivity (Wildman–Crippen MR) is 128 cm³/mol. The fourth-order valence-electron chi connectivity index (χ4n) is 4.18. The summed E-state index contributed by atoms with van der Waals surface area (Å²) in [6, 6.07) is 15.8. The minimum atomic E-state index is -5.83. The minimum Gasteiger partial charge on any atom is -0.497 e. The molecule has 1 aliphatic rings. The van der Waals surface area contributed by atoms with Crippen LogP contribution in [-0.2, 0) is 0 Å². The van der Waals surface area contributed by atoms with E-state index in [4.69, 9.17) is 11.3 Å². The van der Waals surface area contributed by atoms with Crippen molar-refractivity contribution in [3.05, 3.63) is 99.4 Å². The Morgan fingerprint density at radius 1 is 0.973 bits per heavy atom. The van der Waals surface area contributed by atoms with E-state index in [1.54, 1.807) is 30.3 Å². The van der Waals surface area contributed by atoms with Crippen molar-refractivity contribution in [3.8, 4) is 22.3 Å². The Morgan fingerprint density at radius 3 is 2.14 bits per heavy atom. The number of benzene rings is 2. The molecular formula is C27H16F6N2OS. The normalized spacial score (nSPS) is 18.1. The monoisotopic (exact) mass is 530 g/mol. The van der Waals surface area contributed by atoms with Gasteiger partial charge in [0.1, 0.15) is 5.75 Å². The Hall–Kier alpha value is -4.02. The maximum Gasteiger partial charge on any atom is 0.380 e. The fourth-order valence-corrected chi connectivity index (χ4v) is 5.21. The summed E-state index contributed by atoms with van der Waals surface area (Å²) >= 11 is 0.974. The summed E-state index contributed by atoms with van der Waals surface area (Å²) in [5.41, 5.74) is -5.58. The molecule has 4 rings (SSSR count). The minimum absolute atomic E-state index is 0.0925. The molecule has 2 aromatic carbocycles. The van der Waals surface area contributed by atoms with Crippen LogP contribution in [0.1, 0.15) is 16.0 Å². The van der Waals surface area contributed by atoms with Crippen LogP contribution in [0.5, 0.6) is 5.75 Å². The van der Waals surface area contributed by atoms with Gasteiger partial charge in [-0.3, -0.25) is 0 Å². The maximum atomic E-state index is 15.4. The first-order valence-corrected chi connectivity index (χ1v) is 11.5. The Labute approximate surface area is 212 Å². The van der Waals surface area contributed by atoms with Gasteiger partial charge in [0.25, 0.3) is 5.70 Å². The molecule has 0 spiro atoms. The first kappa shape index (κ1) is 26.1. The van der Waals surface area contributed by atoms with E-state index in [2.05, 4.69) is 4.85 Å². The Kier molecular flexibility index (Phi) is 6.43. The zero-order chi connectivity index (χ0) is 27.2. The van der Waals surface area contributed by atoms with Crippen molar-refractivity contribution in [1.82, 2.24) is 0 Å². The Bertz CT molecular complexity index is 1490. The molecule has 0 fully saturated rings. The number of aryl methyl sites for hydroxylation is 1. The summed E-state index contributed by atoms with van der Waals surface area (Å²) < 4.78 is 96.4. The van der Waals surface area contributed by atoms with Gasteiger partial charge >= 0.3 is 17.8 Å². The van der Waals surface area contributed by atoms with Crippen molar-refractivity contribution in [1.29, 1.82) is 5.26 Å². The molecule has 0 atom stereocenters. The summed E-state index contributed by atoms with van der Waals surface area (Å²) in [6.07, 6.45) is 0. The van der Waals surface area contributed by atoms with Crippen LogP contribution in [0.25, 0.3) is 26.4 Å². The molecule has 0 radical (unpaired) electrons. The molecule has 0 N–H and O–H groups in total. The summed E-state index contributed by atoms with van der Waals surface area (Å²) in [5.74, 6) is -16.3. The number of alkyl halides is 6. The lowest BCUT2D eigenvalue weighted by atomic mass is 9.89. The van der Waals surface area contributed by atoms with Gasteiger partial charge in [0, 0.05) is 26.5 Å². The second kappa shape index (κ2) is 9.13. The number of nitrogens with zero attached hydrogens (tertiary/aromatic N) is 2. The number of methoxy groups -OCH3 is 1. The highest BCUT2D eigenvalue weighted by molar-refractivity contribution is 7.15. The van der Waals surface area contributed by atoms with Gasteiger partial charge in [-0.25, -0.2) is 10.1 Å². The van der Waals surface area contributed by atoms with Crippen molar-refractivity contribution in [3.63, 3.8) is 0 Å². The van der Waals surface area contributed by atoms with Crippen LogP contribution in [-0.4, -0.2) is 24.9 Å². The van der Waals surface area contributed by atoms with Crippen molar-refractivity contribution >= 4 is 22.5 Å². The lowest BCUT2D eigenvalue weighted by Gasteiger charge is -2.26. The number of rotatable bonds is 5. The molecule has 188 valence electrons. The predicted octanol–water partition coefficient (Wildman–Crippen LogP) is 8.26. The number of nitriles is 1. The summed E-state index contributed by atoms with van der Waals surface area (Å²) in [7, 11) is 1.32. The quantitative estimate of drug-likeness (QED) is 0.189. The van der Waals surface area contributed by atoms with Crippen LogP contribution < -0.4 is 4.74 Å². The Balaban J connectivity index is 2.13. The standard InChI is InChI=1S/C27H16F6N2OS/c1-15-19(13-21(37-15)16-7-5-4-6-8-16)23-24(26(30,31)27(32,33)25(23,28)29)22(20(14-34)35-2)17-9-11-18(36-3)12-10-17/h4-13H,1,3H3/b22-20-. The molecule has 1 aromatic heterocycles. The molecule has 0 amide bonds. The SMILES string of the molecule is [C-]#[N+]/C(C#N)=C(\C1=C(c2cc(-c3ccccc3)sc2C)C(F)(F)C(F)(F)C1(F)F)c1ccc(OC)cc1. The summed E-state index contributed by atoms with van der Waals surface area (Å²) in [6.45, 7) is 8.68. The summed E-state index contributed by atoms with van der Waals surface area (Å²) in [5, 5.41) is 9.53. The van der Waals surface area contributed by atoms with Crippen LogP contribution in [0.4, 0.5) is 26.3 Å². The second-order valence-electron chi connectivity index (χ2n) is 8.10. The fraction of sp³-hybridized carbons (Fsp3) is 0.185. The van der Waals surface area contributed by atoms with Gasteiger partial charge in [-0.2, -0.15) is 26.3 Å². The molecule has 37 heavy (non-hydrogen) atoms. The summed E-state index contributed by atoms with van der Waals surface area (Å²) in [4.78, 5) is 3.41. The van der Waals surface area contributed by atoms with E-state index in [0.29, 0.717) is 10.4 Å². The highest BCUT2D eigenvalue weighted by Crippen LogP contribution is 2.65. The highest BCUT2D eigenvalue weighted by atomic mass is 32.1. The van der Waals surface area contributed by atoms with Gasteiger partial charge in [-0.15, -0.1) is 11.3 Å². The van der Waals surface area contributed by atoms with Gasteiger partial charge < -0.3 is 4.74 Å². The number of hydrogen-bond acceptors (Lipinski definition) is 3. The van der Waals surface area contributed by atoms with E-state index >= 15 is 17.6 Å². The molecular weight excluding hydrogens is 514 g/mol. The van der Waals surface area contributed by atoms with Crippen molar-refractivity contribution in [2.45, 2.75) is 24.7 Å². The number of ether oxygens (including phenoxy) is 1. The van der Waals surface area contributed by atoms with Gasteiger partial charge in [-0.1, -0.05) is 42.5 Å². The zero-order valence-electron chi connectivity index (χ0n) is 19.3. The lowest BCUT2D eigenvalue weighted by molar-refractivity contribution is -0.258. The number of halogens is 6.